The zero-order chi connectivity index (χ0) is 10.6. The van der Waals surface area contributed by atoms with E-state index in [2.05, 4.69) is 26.1 Å². The van der Waals surface area contributed by atoms with E-state index in [0.29, 0.717) is 24.3 Å². The number of nitrogens with one attached hydrogen (secondary N) is 1. The van der Waals surface area contributed by atoms with Gasteiger partial charge >= 0.3 is 0 Å². The van der Waals surface area contributed by atoms with Gasteiger partial charge in [-0.15, -0.1) is 0 Å². The molecule has 1 amide bonds. The summed E-state index contributed by atoms with van der Waals surface area (Å²) in [6, 6.07) is 0.458. The van der Waals surface area contributed by atoms with Crippen LogP contribution in [0.15, 0.2) is 0 Å². The third kappa shape index (κ3) is 2.98. The Kier molecular flexibility index (Phi) is 4.39. The van der Waals surface area contributed by atoms with Gasteiger partial charge in [0.15, 0.2) is 0 Å². The molecule has 1 aliphatic rings. The number of nitrogens with zero attached hydrogens (tertiary/aromatic N) is 1. The van der Waals surface area contributed by atoms with Crippen molar-refractivity contribution in [1.82, 2.24) is 10.2 Å². The Morgan fingerprint density at radius 2 is 2.14 bits per heavy atom. The summed E-state index contributed by atoms with van der Waals surface area (Å²) < 4.78 is 0. The van der Waals surface area contributed by atoms with Crippen LogP contribution in [0.5, 0.6) is 0 Å². The lowest BCUT2D eigenvalue weighted by Crippen LogP contribution is -2.58. The molecule has 0 aromatic heterocycles. The first-order valence-corrected chi connectivity index (χ1v) is 5.65. The summed E-state index contributed by atoms with van der Waals surface area (Å²) in [4.78, 5) is 13.8. The van der Waals surface area contributed by atoms with E-state index >= 15 is 0 Å². The molecule has 3 nitrogen and oxygen atoms in total. The molecular formula is C11H22N2O. The first kappa shape index (κ1) is 11.5. The van der Waals surface area contributed by atoms with Crippen LogP contribution in [0.3, 0.4) is 0 Å². The number of amides is 1. The van der Waals surface area contributed by atoms with Crippen molar-refractivity contribution in [3.63, 3.8) is 0 Å². The second-order valence-corrected chi connectivity index (χ2v) is 4.42. The Balaban J connectivity index is 2.31. The molecule has 3 heteroatoms. The predicted molar refractivity (Wildman–Crippen MR) is 58.1 cm³/mol. The smallest absolute Gasteiger partial charge is 0.222 e. The average Bonchev–Trinajstić information content (AvgIpc) is 2.06. The highest BCUT2D eigenvalue weighted by molar-refractivity contribution is 5.76. The van der Waals surface area contributed by atoms with Gasteiger partial charge in [-0.2, -0.15) is 0 Å². The Labute approximate surface area is 86.9 Å². The van der Waals surface area contributed by atoms with Crippen LogP contribution in [-0.2, 0) is 4.79 Å². The van der Waals surface area contributed by atoms with Crippen molar-refractivity contribution < 1.29 is 4.79 Å². The molecule has 0 aromatic rings. The molecule has 0 saturated carbocycles. The molecule has 0 aromatic carbocycles. The second-order valence-electron chi connectivity index (χ2n) is 4.42. The summed E-state index contributed by atoms with van der Waals surface area (Å²) in [5.41, 5.74) is 0. The maximum absolute atomic E-state index is 11.8. The minimum Gasteiger partial charge on any atom is -0.337 e. The lowest BCUT2D eigenvalue weighted by atomic mass is 10.1. The predicted octanol–water partition coefficient (Wildman–Crippen LogP) is 1.24. The maximum atomic E-state index is 11.8. The van der Waals surface area contributed by atoms with Gasteiger partial charge in [0.05, 0.1) is 6.04 Å². The fraction of sp³-hybridized carbons (Fsp3) is 0.909. The number of hydrogen-bond donors (Lipinski definition) is 1. The third-order valence-corrected chi connectivity index (χ3v) is 2.80. The second kappa shape index (κ2) is 5.35. The molecule has 1 saturated heterocycles. The molecule has 0 atom stereocenters. The van der Waals surface area contributed by atoms with E-state index in [1.807, 2.05) is 4.90 Å². The van der Waals surface area contributed by atoms with E-state index in [4.69, 9.17) is 0 Å². The topological polar surface area (TPSA) is 32.3 Å². The van der Waals surface area contributed by atoms with Gasteiger partial charge in [-0.25, -0.2) is 0 Å². The summed E-state index contributed by atoms with van der Waals surface area (Å²) in [7, 11) is 0. The highest BCUT2D eigenvalue weighted by Crippen LogP contribution is 2.10. The summed E-state index contributed by atoms with van der Waals surface area (Å²) in [6.45, 7) is 9.18. The van der Waals surface area contributed by atoms with Gasteiger partial charge in [-0.05, 0) is 19.3 Å². The van der Waals surface area contributed by atoms with Crippen molar-refractivity contribution in [2.45, 2.75) is 39.7 Å². The molecular weight excluding hydrogens is 176 g/mol. The van der Waals surface area contributed by atoms with Gasteiger partial charge in [0, 0.05) is 26.1 Å². The molecule has 14 heavy (non-hydrogen) atoms. The molecule has 0 unspecified atom stereocenters. The van der Waals surface area contributed by atoms with Gasteiger partial charge < -0.3 is 10.2 Å². The van der Waals surface area contributed by atoms with Gasteiger partial charge in [0.25, 0.3) is 0 Å². The first-order chi connectivity index (χ1) is 6.65. The van der Waals surface area contributed by atoms with Crippen molar-refractivity contribution >= 4 is 5.91 Å². The summed E-state index contributed by atoms with van der Waals surface area (Å²) >= 11 is 0. The summed E-state index contributed by atoms with van der Waals surface area (Å²) in [5.74, 6) is 0.949. The SMILES string of the molecule is CCN(C(=O)CCC(C)C)C1CNC1. The van der Waals surface area contributed by atoms with Gasteiger partial charge in [-0.3, -0.25) is 4.79 Å². The van der Waals surface area contributed by atoms with Gasteiger partial charge in [0.1, 0.15) is 0 Å². The van der Waals surface area contributed by atoms with E-state index in [9.17, 15) is 4.79 Å². The van der Waals surface area contributed by atoms with Gasteiger partial charge in [-0.1, -0.05) is 13.8 Å². The van der Waals surface area contributed by atoms with Crippen LogP contribution < -0.4 is 5.32 Å². The normalized spacial score (nSPS) is 16.9. The largest absolute Gasteiger partial charge is 0.337 e. The van der Waals surface area contributed by atoms with Crippen LogP contribution in [0.1, 0.15) is 33.6 Å². The quantitative estimate of drug-likeness (QED) is 0.721. The number of hydrogen-bond acceptors (Lipinski definition) is 2. The fourth-order valence-electron chi connectivity index (χ4n) is 1.69. The van der Waals surface area contributed by atoms with Crippen molar-refractivity contribution in [3.8, 4) is 0 Å². The van der Waals surface area contributed by atoms with E-state index in [1.165, 1.54) is 0 Å². The lowest BCUT2D eigenvalue weighted by molar-refractivity contribution is -0.134. The standard InChI is InChI=1S/C11H22N2O/c1-4-13(10-7-12-8-10)11(14)6-5-9(2)3/h9-10,12H,4-8H2,1-3H3. The minimum atomic E-state index is 0.327. The zero-order valence-electron chi connectivity index (χ0n) is 9.55. The summed E-state index contributed by atoms with van der Waals surface area (Å²) in [5, 5.41) is 3.20. The van der Waals surface area contributed by atoms with Crippen LogP contribution in [0.4, 0.5) is 0 Å². The molecule has 1 aliphatic heterocycles. The molecule has 82 valence electrons. The molecule has 1 N–H and O–H groups in total. The summed E-state index contributed by atoms with van der Waals surface area (Å²) in [6.07, 6.45) is 1.72. The van der Waals surface area contributed by atoms with Crippen molar-refractivity contribution in [3.05, 3.63) is 0 Å². The van der Waals surface area contributed by atoms with E-state index < -0.39 is 0 Å². The Bertz CT molecular complexity index is 188. The molecule has 1 fully saturated rings. The van der Waals surface area contributed by atoms with E-state index in [0.717, 1.165) is 26.1 Å². The van der Waals surface area contributed by atoms with E-state index in [1.54, 1.807) is 0 Å². The van der Waals surface area contributed by atoms with Crippen LogP contribution in [0.25, 0.3) is 0 Å². The van der Waals surface area contributed by atoms with Crippen molar-refractivity contribution in [2.24, 2.45) is 5.92 Å². The Morgan fingerprint density at radius 3 is 2.50 bits per heavy atom. The zero-order valence-corrected chi connectivity index (χ0v) is 9.55. The number of carbonyl (C=O) groups excluding carboxylic acids is 1. The monoisotopic (exact) mass is 198 g/mol. The lowest BCUT2D eigenvalue weighted by Gasteiger charge is -2.37. The van der Waals surface area contributed by atoms with Crippen molar-refractivity contribution in [2.75, 3.05) is 19.6 Å². The third-order valence-electron chi connectivity index (χ3n) is 2.80. The molecule has 1 heterocycles. The maximum Gasteiger partial charge on any atom is 0.222 e. The molecule has 0 spiro atoms. The van der Waals surface area contributed by atoms with Crippen molar-refractivity contribution in [1.29, 1.82) is 0 Å². The average molecular weight is 198 g/mol. The highest BCUT2D eigenvalue weighted by Gasteiger charge is 2.26. The van der Waals surface area contributed by atoms with Crippen LogP contribution in [-0.4, -0.2) is 36.5 Å². The van der Waals surface area contributed by atoms with Crippen LogP contribution in [0, 0.1) is 5.92 Å². The van der Waals surface area contributed by atoms with Crippen LogP contribution >= 0.6 is 0 Å². The Hall–Kier alpha value is -0.570. The molecule has 0 aliphatic carbocycles. The minimum absolute atomic E-state index is 0.327. The molecule has 1 rings (SSSR count). The Morgan fingerprint density at radius 1 is 1.50 bits per heavy atom. The van der Waals surface area contributed by atoms with Gasteiger partial charge in [0.2, 0.25) is 5.91 Å². The molecule has 0 bridgehead atoms. The number of likely N-dealkylation sites (N-methyl/N-ethyl adjacent to an activating group) is 1. The fourth-order valence-corrected chi connectivity index (χ4v) is 1.69. The van der Waals surface area contributed by atoms with E-state index in [-0.39, 0.29) is 0 Å². The first-order valence-electron chi connectivity index (χ1n) is 5.65. The molecule has 0 radical (unpaired) electrons. The number of carbonyl (C=O) groups is 1. The highest BCUT2D eigenvalue weighted by atomic mass is 16.2. The van der Waals surface area contributed by atoms with Crippen LogP contribution in [0.2, 0.25) is 0 Å². The number of rotatable bonds is 5.